The molecule has 2 aliphatic heterocycles. The van der Waals surface area contributed by atoms with Gasteiger partial charge in [0.05, 0.1) is 9.80 Å². The first-order chi connectivity index (χ1) is 12.9. The number of carbonyl (C=O) groups excluding carboxylic acids is 1. The molecule has 0 unspecified atom stereocenters. The fourth-order valence-electron chi connectivity index (χ4n) is 2.47. The number of hydrogen-bond acceptors (Lipinski definition) is 7. The lowest BCUT2D eigenvalue weighted by Gasteiger charge is -2.15. The second kappa shape index (κ2) is 6.97. The average molecular weight is 420 g/mol. The molecule has 0 spiro atoms. The van der Waals surface area contributed by atoms with E-state index in [1.54, 1.807) is 42.5 Å². The molecule has 2 aromatic rings. The third-order valence-corrected chi connectivity index (χ3v) is 6.37. The second-order valence-corrected chi connectivity index (χ2v) is 8.87. The summed E-state index contributed by atoms with van der Waals surface area (Å²) in [7, 11) is -3.92. The van der Waals surface area contributed by atoms with Crippen molar-refractivity contribution in [3.63, 3.8) is 0 Å². The molecule has 1 saturated heterocycles. The molecule has 7 nitrogen and oxygen atoms in total. The topological polar surface area (TPSA) is 84.9 Å². The van der Waals surface area contributed by atoms with Crippen LogP contribution in [-0.2, 0) is 14.8 Å². The largest absolute Gasteiger partial charge is 0.454 e. The number of benzene rings is 2. The van der Waals surface area contributed by atoms with Gasteiger partial charge in [-0.05, 0) is 35.9 Å². The molecule has 0 atom stereocenters. The molecule has 1 fully saturated rings. The molecule has 0 aromatic heterocycles. The van der Waals surface area contributed by atoms with Gasteiger partial charge in [0, 0.05) is 0 Å². The summed E-state index contributed by atoms with van der Waals surface area (Å²) >= 11 is 6.18. The Hall–Kier alpha value is -2.40. The number of rotatable bonds is 4. The van der Waals surface area contributed by atoms with E-state index < -0.39 is 15.9 Å². The normalized spacial score (nSPS) is 17.8. The van der Waals surface area contributed by atoms with E-state index in [0.717, 1.165) is 16.8 Å². The summed E-state index contributed by atoms with van der Waals surface area (Å²) in [6, 6.07) is 13.0. The highest BCUT2D eigenvalue weighted by atomic mass is 32.2. The van der Waals surface area contributed by atoms with Crippen LogP contribution in [-0.4, -0.2) is 30.4 Å². The Balaban J connectivity index is 1.57. The van der Waals surface area contributed by atoms with Crippen LogP contribution in [0.2, 0.25) is 0 Å². The first-order valence-electron chi connectivity index (χ1n) is 7.69. The molecule has 4 rings (SSSR count). The Kier molecular flexibility index (Phi) is 4.64. The minimum atomic E-state index is -3.92. The fraction of sp³-hybridized carbons (Fsp3) is 0.0588. The van der Waals surface area contributed by atoms with E-state index in [0.29, 0.717) is 22.0 Å². The highest BCUT2D eigenvalue weighted by molar-refractivity contribution is 8.26. The van der Waals surface area contributed by atoms with Gasteiger partial charge in [-0.2, -0.15) is 0 Å². The standard InChI is InChI=1S/C17H12N2O5S3/c20-16-15(9-11-6-7-13-14(8-11)24-10-23-13)26-17(25)19(16)18-27(21,22)12-4-2-1-3-5-12/h1-9,18H,10H2/b15-9+. The number of fused-ring (bicyclic) bond motifs is 1. The van der Waals surface area contributed by atoms with Gasteiger partial charge < -0.3 is 9.47 Å². The molecule has 10 heteroatoms. The van der Waals surface area contributed by atoms with Crippen molar-refractivity contribution in [3.8, 4) is 11.5 Å². The predicted octanol–water partition coefficient (Wildman–Crippen LogP) is 2.51. The van der Waals surface area contributed by atoms with Crippen molar-refractivity contribution in [1.29, 1.82) is 0 Å². The van der Waals surface area contributed by atoms with E-state index in [-0.39, 0.29) is 16.0 Å². The zero-order valence-electron chi connectivity index (χ0n) is 13.6. The zero-order chi connectivity index (χ0) is 19.0. The van der Waals surface area contributed by atoms with Gasteiger partial charge in [0.1, 0.15) is 0 Å². The monoisotopic (exact) mass is 420 g/mol. The molecule has 0 aliphatic carbocycles. The Morgan fingerprint density at radius 1 is 1.11 bits per heavy atom. The Bertz CT molecular complexity index is 1070. The van der Waals surface area contributed by atoms with Gasteiger partial charge in [0.2, 0.25) is 6.79 Å². The zero-order valence-corrected chi connectivity index (χ0v) is 16.1. The van der Waals surface area contributed by atoms with Crippen LogP contribution in [0.1, 0.15) is 5.56 Å². The van der Waals surface area contributed by atoms with Gasteiger partial charge in [-0.25, -0.2) is 13.4 Å². The van der Waals surface area contributed by atoms with Gasteiger partial charge in [0.25, 0.3) is 15.9 Å². The molecular weight excluding hydrogens is 408 g/mol. The molecule has 1 N–H and O–H groups in total. The fourth-order valence-corrected chi connectivity index (χ4v) is 4.80. The smallest absolute Gasteiger partial charge is 0.281 e. The number of thioether (sulfide) groups is 1. The third-order valence-electron chi connectivity index (χ3n) is 3.75. The number of amides is 1. The van der Waals surface area contributed by atoms with Crippen LogP contribution < -0.4 is 14.3 Å². The van der Waals surface area contributed by atoms with Gasteiger partial charge in [-0.3, -0.25) is 4.79 Å². The van der Waals surface area contributed by atoms with Crippen molar-refractivity contribution in [2.24, 2.45) is 0 Å². The van der Waals surface area contributed by atoms with E-state index in [4.69, 9.17) is 21.7 Å². The van der Waals surface area contributed by atoms with E-state index in [1.807, 2.05) is 0 Å². The summed E-state index contributed by atoms with van der Waals surface area (Å²) in [5.74, 6) is 0.682. The van der Waals surface area contributed by atoms with Crippen molar-refractivity contribution in [1.82, 2.24) is 9.84 Å². The van der Waals surface area contributed by atoms with Crippen LogP contribution in [0.15, 0.2) is 58.3 Å². The van der Waals surface area contributed by atoms with Crippen LogP contribution in [0.3, 0.4) is 0 Å². The number of hydrazine groups is 1. The summed E-state index contributed by atoms with van der Waals surface area (Å²) in [4.78, 5) is 15.2. The summed E-state index contributed by atoms with van der Waals surface area (Å²) < 4.78 is 35.6. The first kappa shape index (κ1) is 18.0. The molecular formula is C17H12N2O5S3. The van der Waals surface area contributed by atoms with E-state index in [9.17, 15) is 13.2 Å². The van der Waals surface area contributed by atoms with Gasteiger partial charge in [-0.15, -0.1) is 4.83 Å². The molecule has 2 aliphatic rings. The molecule has 0 bridgehead atoms. The summed E-state index contributed by atoms with van der Waals surface area (Å²) in [6.07, 6.45) is 1.62. The van der Waals surface area contributed by atoms with Crippen LogP contribution in [0.4, 0.5) is 0 Å². The van der Waals surface area contributed by atoms with E-state index in [2.05, 4.69) is 4.83 Å². The van der Waals surface area contributed by atoms with Crippen LogP contribution >= 0.6 is 24.0 Å². The average Bonchev–Trinajstić information content (AvgIpc) is 3.22. The maximum Gasteiger partial charge on any atom is 0.281 e. The molecule has 1 amide bonds. The Morgan fingerprint density at radius 2 is 1.85 bits per heavy atom. The van der Waals surface area contributed by atoms with E-state index >= 15 is 0 Å². The lowest BCUT2D eigenvalue weighted by Crippen LogP contribution is -2.44. The number of sulfonamides is 1. The number of hydrogen-bond donors (Lipinski definition) is 1. The SMILES string of the molecule is O=C1/C(=C\c2ccc3c(c2)OCO3)SC(=S)N1NS(=O)(=O)c1ccccc1. The summed E-state index contributed by atoms with van der Waals surface area (Å²) in [5.41, 5.74) is 0.714. The molecule has 27 heavy (non-hydrogen) atoms. The molecule has 138 valence electrons. The maximum atomic E-state index is 12.6. The number of nitrogens with one attached hydrogen (secondary N) is 1. The highest BCUT2D eigenvalue weighted by Gasteiger charge is 2.35. The van der Waals surface area contributed by atoms with Gasteiger partial charge in [-0.1, -0.05) is 48.2 Å². The number of carbonyl (C=O) groups is 1. The predicted molar refractivity (Wildman–Crippen MR) is 104 cm³/mol. The summed E-state index contributed by atoms with van der Waals surface area (Å²) in [5, 5.41) is 0.862. The number of ether oxygens (including phenoxy) is 2. The maximum absolute atomic E-state index is 12.6. The number of thiocarbonyl (C=S) groups is 1. The lowest BCUT2D eigenvalue weighted by atomic mass is 10.2. The quantitative estimate of drug-likeness (QED) is 0.601. The van der Waals surface area contributed by atoms with Crippen LogP contribution in [0, 0.1) is 0 Å². The molecule has 2 heterocycles. The van der Waals surface area contributed by atoms with Crippen molar-refractivity contribution in [2.75, 3.05) is 6.79 Å². The minimum Gasteiger partial charge on any atom is -0.454 e. The van der Waals surface area contributed by atoms with Gasteiger partial charge in [0.15, 0.2) is 15.8 Å². The lowest BCUT2D eigenvalue weighted by molar-refractivity contribution is -0.123. The summed E-state index contributed by atoms with van der Waals surface area (Å²) in [6.45, 7) is 0.155. The second-order valence-electron chi connectivity index (χ2n) is 5.54. The molecule has 2 aromatic carbocycles. The Labute approximate surface area is 165 Å². The van der Waals surface area contributed by atoms with Crippen LogP contribution in [0.5, 0.6) is 11.5 Å². The minimum absolute atomic E-state index is 0.0406. The third kappa shape index (κ3) is 3.56. The van der Waals surface area contributed by atoms with Crippen molar-refractivity contribution in [3.05, 3.63) is 59.0 Å². The van der Waals surface area contributed by atoms with Crippen LogP contribution in [0.25, 0.3) is 6.08 Å². The molecule has 0 saturated carbocycles. The number of nitrogens with zero attached hydrogens (tertiary/aromatic N) is 1. The van der Waals surface area contributed by atoms with Crippen molar-refractivity contribution >= 4 is 50.3 Å². The van der Waals surface area contributed by atoms with Crippen molar-refractivity contribution in [2.45, 2.75) is 4.90 Å². The van der Waals surface area contributed by atoms with Gasteiger partial charge >= 0.3 is 0 Å². The Morgan fingerprint density at radius 3 is 2.63 bits per heavy atom. The van der Waals surface area contributed by atoms with E-state index in [1.165, 1.54) is 12.1 Å². The first-order valence-corrected chi connectivity index (χ1v) is 10.4. The highest BCUT2D eigenvalue weighted by Crippen LogP contribution is 2.36. The van der Waals surface area contributed by atoms with Crippen molar-refractivity contribution < 1.29 is 22.7 Å². The molecule has 0 radical (unpaired) electrons.